The molecule has 0 amide bonds. The Labute approximate surface area is 295 Å². The summed E-state index contributed by atoms with van der Waals surface area (Å²) in [5.41, 5.74) is 7.89. The van der Waals surface area contributed by atoms with Crippen LogP contribution in [0.4, 0.5) is 0 Å². The molecule has 0 bridgehead atoms. The number of benzene rings is 5. The number of ether oxygens (including phenoxy) is 1. The Balaban J connectivity index is 1.59. The summed E-state index contributed by atoms with van der Waals surface area (Å²) >= 11 is 1.81. The van der Waals surface area contributed by atoms with Crippen molar-refractivity contribution < 1.29 is 22.7 Å². The first-order valence-corrected chi connectivity index (χ1v) is 19.2. The van der Waals surface area contributed by atoms with Crippen molar-refractivity contribution in [3.05, 3.63) is 196 Å². The van der Waals surface area contributed by atoms with Crippen LogP contribution < -0.4 is 15.9 Å². The Hall–Kier alpha value is -4.57. The van der Waals surface area contributed by atoms with Crippen molar-refractivity contribution in [3.8, 4) is 16.2 Å². The molecule has 235 valence electrons. The van der Waals surface area contributed by atoms with Crippen molar-refractivity contribution in [1.29, 1.82) is 0 Å². The fraction of sp³-hybridized carbons (Fsp3) is 0.0889. The second kappa shape index (κ2) is 16.0. The normalized spacial score (nSPS) is 15.2. The Morgan fingerprint density at radius 3 is 1.56 bits per heavy atom. The van der Waals surface area contributed by atoms with Gasteiger partial charge in [0.15, 0.2) is 0 Å². The third-order valence-electron chi connectivity index (χ3n) is 8.52. The van der Waals surface area contributed by atoms with Gasteiger partial charge >= 0.3 is 273 Å². The Morgan fingerprint density at radius 2 is 1.10 bits per heavy atom. The molecule has 48 heavy (non-hydrogen) atoms. The van der Waals surface area contributed by atoms with E-state index >= 15 is 0 Å². The van der Waals surface area contributed by atoms with E-state index in [1.807, 2.05) is 30.9 Å². The summed E-state index contributed by atoms with van der Waals surface area (Å²) in [6.45, 7) is 5.35. The second-order valence-electron chi connectivity index (χ2n) is 11.5. The molecule has 0 unspecified atom stereocenters. The van der Waals surface area contributed by atoms with Crippen LogP contribution in [0.5, 0.6) is 0 Å². The van der Waals surface area contributed by atoms with E-state index in [9.17, 15) is 0 Å². The summed E-state index contributed by atoms with van der Waals surface area (Å²) in [6, 6.07) is 50.1. The van der Waals surface area contributed by atoms with Crippen molar-refractivity contribution in [2.45, 2.75) is 13.8 Å². The molecule has 1 aliphatic heterocycles. The molecule has 0 atom stereocenters. The van der Waals surface area contributed by atoms with Crippen LogP contribution in [0.3, 0.4) is 0 Å². The van der Waals surface area contributed by atoms with Gasteiger partial charge in [0.05, 0.1) is 0 Å². The summed E-state index contributed by atoms with van der Waals surface area (Å²) in [5.74, 6) is 6.73. The number of rotatable bonds is 7. The molecule has 1 saturated heterocycles. The number of allylic oxidation sites excluding steroid dienone is 5. The molecular formula is C45H37OOsP+. The molecule has 1 heterocycles. The van der Waals surface area contributed by atoms with Gasteiger partial charge in [-0.2, -0.15) is 0 Å². The third kappa shape index (κ3) is 7.13. The van der Waals surface area contributed by atoms with Gasteiger partial charge in [0.2, 0.25) is 0 Å². The Morgan fingerprint density at radius 1 is 0.625 bits per heavy atom. The van der Waals surface area contributed by atoms with Gasteiger partial charge in [-0.3, -0.25) is 0 Å². The summed E-state index contributed by atoms with van der Waals surface area (Å²) in [5, 5.41) is 5.09. The van der Waals surface area contributed by atoms with E-state index < -0.39 is 7.26 Å². The van der Waals surface area contributed by atoms with Crippen molar-refractivity contribution in [2.75, 3.05) is 13.2 Å². The van der Waals surface area contributed by atoms with Crippen LogP contribution in [0.2, 0.25) is 0 Å². The molecule has 0 saturated carbocycles. The SMILES string of the molecule is CC=C1COCC1=CC(=C([C]#[Os])[P+](c1ccccc1)(c1ccccc1)c1ccccc1)c1ccc(C#Cc2ccc(/C=C/C)cc2)cc1. The minimum absolute atomic E-state index is 0.590. The van der Waals surface area contributed by atoms with Gasteiger partial charge in [0, 0.05) is 0 Å². The van der Waals surface area contributed by atoms with Gasteiger partial charge < -0.3 is 0 Å². The molecular weight excluding hydrogens is 778 g/mol. The molecule has 5 aromatic carbocycles. The fourth-order valence-electron chi connectivity index (χ4n) is 6.15. The maximum absolute atomic E-state index is 5.97. The molecule has 0 aliphatic carbocycles. The zero-order valence-corrected chi connectivity index (χ0v) is 30.6. The standard InChI is InChI=1S/C45H37OP.Os/c1-4-15-36-22-24-37(25-23-36)26-27-38-28-30-40(31-29-38)45(32-41-34-46-33-39(41)5-2)35(3)47(42-16-9-6-10-17-42,43-18-11-7-12-19-43)44-20-13-8-14-21-44;/h4-25,28-32H,33-34H2,1-2H3;/q+1;/b15-4+,39-5?,41-32?,45-35?;. The first-order valence-electron chi connectivity index (χ1n) is 16.1. The molecule has 0 aromatic heterocycles. The van der Waals surface area contributed by atoms with Gasteiger partial charge in [0.25, 0.3) is 0 Å². The van der Waals surface area contributed by atoms with E-state index in [1.54, 1.807) is 0 Å². The molecule has 6 rings (SSSR count). The third-order valence-corrected chi connectivity index (χ3v) is 13.9. The van der Waals surface area contributed by atoms with Crippen molar-refractivity contribution in [1.82, 2.24) is 0 Å². The molecule has 5 aromatic rings. The number of hydrogen-bond acceptors (Lipinski definition) is 1. The topological polar surface area (TPSA) is 9.23 Å². The molecule has 1 nitrogen and oxygen atoms in total. The van der Waals surface area contributed by atoms with Crippen LogP contribution in [0.1, 0.15) is 36.1 Å². The maximum atomic E-state index is 5.97. The zero-order valence-electron chi connectivity index (χ0n) is 27.2. The molecule has 0 spiro atoms. The summed E-state index contributed by atoms with van der Waals surface area (Å²) in [6.07, 6.45) is 8.67. The van der Waals surface area contributed by atoms with Crippen LogP contribution in [-0.4, -0.2) is 13.2 Å². The van der Waals surface area contributed by atoms with Crippen molar-refractivity contribution in [3.63, 3.8) is 0 Å². The van der Waals surface area contributed by atoms with Gasteiger partial charge in [-0.05, 0) is 12.5 Å². The monoisotopic (exact) mass is 816 g/mol. The van der Waals surface area contributed by atoms with Crippen LogP contribution in [0, 0.1) is 16.2 Å². The predicted octanol–water partition coefficient (Wildman–Crippen LogP) is 9.23. The minimum atomic E-state index is -2.41. The van der Waals surface area contributed by atoms with E-state index in [4.69, 9.17) is 4.74 Å². The summed E-state index contributed by atoms with van der Waals surface area (Å²) < 4.78 is 9.81. The molecule has 1 aliphatic rings. The molecule has 1 fully saturated rings. The molecule has 3 heteroatoms. The first-order chi connectivity index (χ1) is 23.7. The number of hydrogen-bond donors (Lipinski definition) is 0. The zero-order chi connectivity index (χ0) is 33.2. The van der Waals surface area contributed by atoms with Crippen molar-refractivity contribution >= 4 is 34.8 Å². The van der Waals surface area contributed by atoms with Crippen LogP contribution >= 0.6 is 7.26 Å². The van der Waals surface area contributed by atoms with Crippen LogP contribution in [0.15, 0.2) is 174 Å². The Bertz CT molecular complexity index is 1990. The van der Waals surface area contributed by atoms with Crippen LogP contribution in [-0.2, 0) is 22.7 Å². The van der Waals surface area contributed by atoms with Crippen LogP contribution in [0.25, 0.3) is 11.6 Å². The van der Waals surface area contributed by atoms with Gasteiger partial charge in [0.1, 0.15) is 0 Å². The van der Waals surface area contributed by atoms with E-state index in [2.05, 4.69) is 181 Å². The average Bonchev–Trinajstić information content (AvgIpc) is 3.61. The quantitative estimate of drug-likeness (QED) is 0.118. The molecule has 0 N–H and O–H groups in total. The van der Waals surface area contributed by atoms with Gasteiger partial charge in [-0.15, -0.1) is 0 Å². The van der Waals surface area contributed by atoms with E-state index in [-0.39, 0.29) is 0 Å². The Kier molecular flexibility index (Phi) is 11.1. The van der Waals surface area contributed by atoms with Gasteiger partial charge in [-0.1, -0.05) is 12.2 Å². The van der Waals surface area contributed by atoms with E-state index in [1.165, 1.54) is 37.9 Å². The second-order valence-corrected chi connectivity index (χ2v) is 15.4. The average molecular weight is 815 g/mol. The fourth-order valence-corrected chi connectivity index (χ4v) is 12.0. The van der Waals surface area contributed by atoms with E-state index in [0.717, 1.165) is 22.3 Å². The predicted molar refractivity (Wildman–Crippen MR) is 202 cm³/mol. The first kappa shape index (κ1) is 33.3. The van der Waals surface area contributed by atoms with Gasteiger partial charge in [-0.25, -0.2) is 0 Å². The molecule has 0 radical (unpaired) electrons. The van der Waals surface area contributed by atoms with Crippen molar-refractivity contribution in [2.24, 2.45) is 0 Å². The summed E-state index contributed by atoms with van der Waals surface area (Å²) in [4.78, 5) is 0. The summed E-state index contributed by atoms with van der Waals surface area (Å²) in [7, 11) is -2.41. The van der Waals surface area contributed by atoms with E-state index in [0.29, 0.717) is 13.2 Å².